The molecule has 1 amide bonds. The van der Waals surface area contributed by atoms with Crippen LogP contribution < -0.4 is 4.90 Å². The van der Waals surface area contributed by atoms with Crippen molar-refractivity contribution in [3.05, 3.63) is 58.9 Å². The van der Waals surface area contributed by atoms with E-state index in [0.29, 0.717) is 18.9 Å². The predicted octanol–water partition coefficient (Wildman–Crippen LogP) is 2.74. The van der Waals surface area contributed by atoms with E-state index in [1.807, 2.05) is 26.0 Å². The monoisotopic (exact) mass is 406 g/mol. The number of hydrogen-bond acceptors (Lipinski definition) is 4. The molecule has 0 bridgehead atoms. The van der Waals surface area contributed by atoms with Gasteiger partial charge in [-0.3, -0.25) is 4.79 Å². The van der Waals surface area contributed by atoms with Crippen molar-refractivity contribution in [2.45, 2.75) is 18.7 Å². The highest BCUT2D eigenvalue weighted by Gasteiger charge is 2.28. The molecule has 2 aromatic rings. The smallest absolute Gasteiger partial charge is 0.261 e. The molecule has 150 valence electrons. The lowest BCUT2D eigenvalue weighted by Gasteiger charge is -2.26. The van der Waals surface area contributed by atoms with Crippen molar-refractivity contribution in [2.24, 2.45) is 0 Å². The Balaban J connectivity index is 1.97. The third-order valence-electron chi connectivity index (χ3n) is 5.02. The Hall–Kier alpha value is -2.29. The summed E-state index contributed by atoms with van der Waals surface area (Å²) in [7, 11) is -2.28. The van der Waals surface area contributed by atoms with Gasteiger partial charge in [-0.2, -0.15) is 4.31 Å². The van der Waals surface area contributed by atoms with Crippen molar-refractivity contribution in [3.8, 4) is 0 Å². The highest BCUT2D eigenvalue weighted by Crippen LogP contribution is 2.26. The average molecular weight is 406 g/mol. The van der Waals surface area contributed by atoms with Crippen LogP contribution in [0.25, 0.3) is 0 Å². The lowest BCUT2D eigenvalue weighted by molar-refractivity contribution is 0.0730. The summed E-state index contributed by atoms with van der Waals surface area (Å²) >= 11 is 0. The summed E-state index contributed by atoms with van der Waals surface area (Å²) in [6.45, 7) is 4.87. The minimum absolute atomic E-state index is 0.103. The minimum Gasteiger partial charge on any atom is -0.379 e. The van der Waals surface area contributed by atoms with Crippen LogP contribution in [0.2, 0.25) is 0 Å². The first-order chi connectivity index (χ1) is 13.2. The zero-order chi connectivity index (χ0) is 20.5. The first kappa shape index (κ1) is 20.4. The maximum absolute atomic E-state index is 14.4. The molecule has 1 fully saturated rings. The number of anilines is 1. The van der Waals surface area contributed by atoms with Crippen LogP contribution in [0, 0.1) is 19.7 Å². The lowest BCUT2D eigenvalue weighted by Crippen LogP contribution is -2.40. The molecule has 0 aliphatic carbocycles. The highest BCUT2D eigenvalue weighted by atomic mass is 32.2. The van der Waals surface area contributed by atoms with Crippen molar-refractivity contribution in [2.75, 3.05) is 38.3 Å². The molecule has 1 aliphatic heterocycles. The van der Waals surface area contributed by atoms with Gasteiger partial charge in [-0.25, -0.2) is 12.8 Å². The van der Waals surface area contributed by atoms with E-state index in [1.54, 1.807) is 13.1 Å². The van der Waals surface area contributed by atoms with E-state index in [4.69, 9.17) is 4.74 Å². The standard InChI is InChI=1S/C20H23FN2O4S/c1-14-5-4-6-19(15(14)2)22(3)20(24)17-13-16(7-8-18(17)21)28(25,26)23-9-11-27-12-10-23/h4-8,13H,9-12H2,1-3H3. The highest BCUT2D eigenvalue weighted by molar-refractivity contribution is 7.89. The number of rotatable bonds is 4. The quantitative estimate of drug-likeness (QED) is 0.783. The molecule has 0 atom stereocenters. The molecule has 1 aliphatic rings. The molecule has 0 saturated carbocycles. The van der Waals surface area contributed by atoms with E-state index in [0.717, 1.165) is 23.3 Å². The zero-order valence-electron chi connectivity index (χ0n) is 16.1. The number of sulfonamides is 1. The number of amides is 1. The van der Waals surface area contributed by atoms with Crippen molar-refractivity contribution in [1.29, 1.82) is 0 Å². The lowest BCUT2D eigenvalue weighted by atomic mass is 10.1. The van der Waals surface area contributed by atoms with Gasteiger partial charge in [0, 0.05) is 25.8 Å². The molecule has 6 nitrogen and oxygen atoms in total. The molecule has 0 radical (unpaired) electrons. The van der Waals surface area contributed by atoms with Gasteiger partial charge < -0.3 is 9.64 Å². The first-order valence-electron chi connectivity index (χ1n) is 8.95. The molecular formula is C20H23FN2O4S. The van der Waals surface area contributed by atoms with Gasteiger partial charge in [0.25, 0.3) is 5.91 Å². The van der Waals surface area contributed by atoms with E-state index >= 15 is 0 Å². The average Bonchev–Trinajstić information content (AvgIpc) is 2.70. The third kappa shape index (κ3) is 3.80. The zero-order valence-corrected chi connectivity index (χ0v) is 16.9. The fourth-order valence-corrected chi connectivity index (χ4v) is 4.59. The van der Waals surface area contributed by atoms with Gasteiger partial charge in [-0.15, -0.1) is 0 Å². The number of ether oxygens (including phenoxy) is 1. The largest absolute Gasteiger partial charge is 0.379 e. The topological polar surface area (TPSA) is 66.9 Å². The van der Waals surface area contributed by atoms with Gasteiger partial charge in [-0.05, 0) is 49.2 Å². The van der Waals surface area contributed by atoms with Gasteiger partial charge in [-0.1, -0.05) is 12.1 Å². The van der Waals surface area contributed by atoms with Crippen LogP contribution in [0.15, 0.2) is 41.3 Å². The van der Waals surface area contributed by atoms with E-state index in [1.165, 1.54) is 15.3 Å². The first-order valence-corrected chi connectivity index (χ1v) is 10.4. The molecule has 28 heavy (non-hydrogen) atoms. The summed E-state index contributed by atoms with van der Waals surface area (Å²) in [4.78, 5) is 14.2. The van der Waals surface area contributed by atoms with Crippen LogP contribution in [0.3, 0.4) is 0 Å². The molecule has 2 aromatic carbocycles. The van der Waals surface area contributed by atoms with Crippen molar-refractivity contribution >= 4 is 21.6 Å². The van der Waals surface area contributed by atoms with Crippen LogP contribution in [0.1, 0.15) is 21.5 Å². The molecule has 0 unspecified atom stereocenters. The summed E-state index contributed by atoms with van der Waals surface area (Å²) in [6, 6.07) is 8.84. The molecule has 0 aromatic heterocycles. The van der Waals surface area contributed by atoms with Gasteiger partial charge in [0.05, 0.1) is 23.7 Å². The van der Waals surface area contributed by atoms with Gasteiger partial charge in [0.1, 0.15) is 5.82 Å². The van der Waals surface area contributed by atoms with E-state index < -0.39 is 21.7 Å². The summed E-state index contributed by atoms with van der Waals surface area (Å²) in [6.07, 6.45) is 0. The second kappa shape index (κ2) is 7.98. The third-order valence-corrected chi connectivity index (χ3v) is 6.91. The summed E-state index contributed by atoms with van der Waals surface area (Å²) in [5, 5.41) is 0. The Morgan fingerprint density at radius 1 is 1.14 bits per heavy atom. The van der Waals surface area contributed by atoms with Gasteiger partial charge in [0.15, 0.2) is 0 Å². The molecule has 1 saturated heterocycles. The van der Waals surface area contributed by atoms with E-state index in [-0.39, 0.29) is 23.5 Å². The van der Waals surface area contributed by atoms with E-state index in [9.17, 15) is 17.6 Å². The van der Waals surface area contributed by atoms with E-state index in [2.05, 4.69) is 0 Å². The van der Waals surface area contributed by atoms with Crippen molar-refractivity contribution in [3.63, 3.8) is 0 Å². The Morgan fingerprint density at radius 3 is 2.50 bits per heavy atom. The van der Waals surface area contributed by atoms with Crippen LogP contribution in [-0.2, 0) is 14.8 Å². The number of carbonyl (C=O) groups is 1. The molecule has 1 heterocycles. The number of carbonyl (C=O) groups excluding carboxylic acids is 1. The van der Waals surface area contributed by atoms with Crippen LogP contribution in [-0.4, -0.2) is 52.0 Å². The molecule has 0 N–H and O–H groups in total. The fraction of sp³-hybridized carbons (Fsp3) is 0.350. The van der Waals surface area contributed by atoms with Gasteiger partial charge in [0.2, 0.25) is 10.0 Å². The molecule has 0 spiro atoms. The van der Waals surface area contributed by atoms with Crippen molar-refractivity contribution < 1.29 is 22.3 Å². The fourth-order valence-electron chi connectivity index (χ4n) is 3.15. The maximum atomic E-state index is 14.4. The minimum atomic E-state index is -3.82. The molecular weight excluding hydrogens is 383 g/mol. The van der Waals surface area contributed by atoms with Crippen LogP contribution in [0.4, 0.5) is 10.1 Å². The van der Waals surface area contributed by atoms with Crippen LogP contribution >= 0.6 is 0 Å². The number of aryl methyl sites for hydroxylation is 1. The molecule has 3 rings (SSSR count). The van der Waals surface area contributed by atoms with Crippen molar-refractivity contribution in [1.82, 2.24) is 4.31 Å². The Kier molecular flexibility index (Phi) is 5.83. The number of nitrogens with zero attached hydrogens (tertiary/aromatic N) is 2. The maximum Gasteiger partial charge on any atom is 0.261 e. The summed E-state index contributed by atoms with van der Waals surface area (Å²) in [5.74, 6) is -1.37. The number of benzene rings is 2. The Labute approximate surface area is 164 Å². The second-order valence-electron chi connectivity index (χ2n) is 6.74. The predicted molar refractivity (Wildman–Crippen MR) is 105 cm³/mol. The SMILES string of the molecule is Cc1cccc(N(C)C(=O)c2cc(S(=O)(=O)N3CCOCC3)ccc2F)c1C. The second-order valence-corrected chi connectivity index (χ2v) is 8.68. The Bertz CT molecular complexity index is 1000. The van der Waals surface area contributed by atoms with Gasteiger partial charge >= 0.3 is 0 Å². The molecule has 8 heteroatoms. The summed E-state index contributed by atoms with van der Waals surface area (Å²) in [5.41, 5.74) is 2.26. The number of hydrogen-bond donors (Lipinski definition) is 0. The normalized spacial score (nSPS) is 15.4. The number of halogens is 1. The Morgan fingerprint density at radius 2 is 1.82 bits per heavy atom. The number of morpholine rings is 1. The summed E-state index contributed by atoms with van der Waals surface area (Å²) < 4.78 is 46.6. The van der Waals surface area contributed by atoms with Crippen LogP contribution in [0.5, 0.6) is 0 Å².